The van der Waals surface area contributed by atoms with Gasteiger partial charge in [0, 0.05) is 26.2 Å². The van der Waals surface area contributed by atoms with Crippen LogP contribution in [0, 0.1) is 0 Å². The number of ether oxygens (including phenoxy) is 1. The summed E-state index contributed by atoms with van der Waals surface area (Å²) in [4.78, 5) is 22.8. The Morgan fingerprint density at radius 2 is 2.00 bits per heavy atom. The maximum Gasteiger partial charge on any atom is 0.326 e. The molecule has 0 aliphatic rings. The van der Waals surface area contributed by atoms with Crippen molar-refractivity contribution in [2.45, 2.75) is 25.8 Å². The molecule has 0 spiro atoms. The van der Waals surface area contributed by atoms with Crippen LogP contribution < -0.4 is 10.6 Å². The van der Waals surface area contributed by atoms with Crippen LogP contribution in [0.5, 0.6) is 0 Å². The Balaban J connectivity index is 2.36. The van der Waals surface area contributed by atoms with E-state index in [1.165, 1.54) is 0 Å². The topological polar surface area (TPSA) is 87.7 Å². The molecule has 0 radical (unpaired) electrons. The molecule has 0 aliphatic carbocycles. The zero-order valence-corrected chi connectivity index (χ0v) is 12.2. The molecule has 116 valence electrons. The number of hydrogen-bond acceptors (Lipinski definition) is 3. The summed E-state index contributed by atoms with van der Waals surface area (Å²) in [5, 5.41) is 14.2. The van der Waals surface area contributed by atoms with Gasteiger partial charge < -0.3 is 20.5 Å². The number of carbonyl (C=O) groups is 2. The lowest BCUT2D eigenvalue weighted by atomic mass is 10.1. The molecule has 0 bridgehead atoms. The van der Waals surface area contributed by atoms with Crippen molar-refractivity contribution in [3.63, 3.8) is 0 Å². The molecule has 0 unspecified atom stereocenters. The van der Waals surface area contributed by atoms with Gasteiger partial charge in [-0.15, -0.1) is 0 Å². The summed E-state index contributed by atoms with van der Waals surface area (Å²) in [7, 11) is 0. The van der Waals surface area contributed by atoms with Crippen molar-refractivity contribution in [2.75, 3.05) is 19.8 Å². The predicted molar refractivity (Wildman–Crippen MR) is 79.2 cm³/mol. The fourth-order valence-electron chi connectivity index (χ4n) is 1.78. The zero-order chi connectivity index (χ0) is 15.5. The Labute approximate surface area is 124 Å². The van der Waals surface area contributed by atoms with Crippen LogP contribution in [0.4, 0.5) is 4.79 Å². The molecule has 1 aromatic rings. The van der Waals surface area contributed by atoms with Crippen LogP contribution in [0.2, 0.25) is 0 Å². The first-order valence-corrected chi connectivity index (χ1v) is 7.02. The van der Waals surface area contributed by atoms with Gasteiger partial charge in [-0.25, -0.2) is 9.59 Å². The monoisotopic (exact) mass is 294 g/mol. The van der Waals surface area contributed by atoms with Gasteiger partial charge in [-0.1, -0.05) is 30.3 Å². The van der Waals surface area contributed by atoms with E-state index in [0.717, 1.165) is 5.56 Å². The van der Waals surface area contributed by atoms with Crippen LogP contribution in [0.1, 0.15) is 18.9 Å². The van der Waals surface area contributed by atoms with Gasteiger partial charge in [0.05, 0.1) is 0 Å². The van der Waals surface area contributed by atoms with E-state index < -0.39 is 18.0 Å². The lowest BCUT2D eigenvalue weighted by molar-refractivity contribution is -0.139. The average molecular weight is 294 g/mol. The second-order valence-electron chi connectivity index (χ2n) is 4.53. The molecule has 6 nitrogen and oxygen atoms in total. The SMILES string of the molecule is CCOCCCNC(=O)N[C@H](Cc1ccccc1)C(=O)O. The standard InChI is InChI=1S/C15H22N2O4/c1-2-21-10-6-9-16-15(20)17-13(14(18)19)11-12-7-4-3-5-8-12/h3-5,7-8,13H,2,6,9-11H2,1H3,(H,18,19)(H2,16,17,20)/t13-/m1/s1. The van der Waals surface area contributed by atoms with Crippen molar-refractivity contribution in [3.05, 3.63) is 35.9 Å². The Morgan fingerprint density at radius 3 is 2.62 bits per heavy atom. The van der Waals surface area contributed by atoms with Crippen molar-refractivity contribution < 1.29 is 19.4 Å². The summed E-state index contributed by atoms with van der Waals surface area (Å²) >= 11 is 0. The number of nitrogens with one attached hydrogen (secondary N) is 2. The molecule has 1 rings (SSSR count). The van der Waals surface area contributed by atoms with Crippen molar-refractivity contribution >= 4 is 12.0 Å². The Morgan fingerprint density at radius 1 is 1.29 bits per heavy atom. The molecule has 1 aromatic carbocycles. The summed E-state index contributed by atoms with van der Waals surface area (Å²) in [5.74, 6) is -1.05. The second-order valence-corrected chi connectivity index (χ2v) is 4.53. The minimum Gasteiger partial charge on any atom is -0.480 e. The quantitative estimate of drug-likeness (QED) is 0.601. The highest BCUT2D eigenvalue weighted by molar-refractivity contribution is 5.82. The third-order valence-electron chi connectivity index (χ3n) is 2.84. The van der Waals surface area contributed by atoms with Gasteiger partial charge >= 0.3 is 12.0 Å². The zero-order valence-electron chi connectivity index (χ0n) is 12.2. The van der Waals surface area contributed by atoms with Gasteiger partial charge in [-0.2, -0.15) is 0 Å². The molecule has 3 N–H and O–H groups in total. The van der Waals surface area contributed by atoms with E-state index in [1.54, 1.807) is 0 Å². The highest BCUT2D eigenvalue weighted by Crippen LogP contribution is 2.03. The van der Waals surface area contributed by atoms with E-state index in [2.05, 4.69) is 10.6 Å². The summed E-state index contributed by atoms with van der Waals surface area (Å²) in [6.07, 6.45) is 0.945. The molecular weight excluding hydrogens is 272 g/mol. The summed E-state index contributed by atoms with van der Waals surface area (Å²) in [5.41, 5.74) is 0.863. The number of rotatable bonds is 9. The van der Waals surface area contributed by atoms with Crippen LogP contribution in [0.15, 0.2) is 30.3 Å². The van der Waals surface area contributed by atoms with Crippen molar-refractivity contribution in [1.82, 2.24) is 10.6 Å². The summed E-state index contributed by atoms with van der Waals surface area (Å²) < 4.78 is 5.15. The summed E-state index contributed by atoms with van der Waals surface area (Å²) in [6.45, 7) is 3.57. The van der Waals surface area contributed by atoms with E-state index in [4.69, 9.17) is 9.84 Å². The number of amides is 2. The van der Waals surface area contributed by atoms with Crippen LogP contribution in [-0.4, -0.2) is 42.9 Å². The van der Waals surface area contributed by atoms with E-state index >= 15 is 0 Å². The van der Waals surface area contributed by atoms with E-state index in [0.29, 0.717) is 26.2 Å². The van der Waals surface area contributed by atoms with Crippen molar-refractivity contribution in [2.24, 2.45) is 0 Å². The lowest BCUT2D eigenvalue weighted by Crippen LogP contribution is -2.47. The van der Waals surface area contributed by atoms with Gasteiger partial charge in [0.1, 0.15) is 6.04 Å². The molecule has 0 heterocycles. The molecule has 6 heteroatoms. The highest BCUT2D eigenvalue weighted by Gasteiger charge is 2.19. The number of aliphatic carboxylic acids is 1. The molecule has 2 amide bonds. The number of carboxylic acids is 1. The van der Waals surface area contributed by atoms with E-state index in [1.807, 2.05) is 37.3 Å². The number of urea groups is 1. The van der Waals surface area contributed by atoms with E-state index in [-0.39, 0.29) is 6.42 Å². The van der Waals surface area contributed by atoms with Crippen molar-refractivity contribution in [3.8, 4) is 0 Å². The summed E-state index contributed by atoms with van der Waals surface area (Å²) in [6, 6.07) is 7.77. The van der Waals surface area contributed by atoms with Crippen LogP contribution in [0.25, 0.3) is 0 Å². The van der Waals surface area contributed by atoms with Gasteiger partial charge in [0.25, 0.3) is 0 Å². The van der Waals surface area contributed by atoms with Crippen LogP contribution in [0.3, 0.4) is 0 Å². The Kier molecular flexibility index (Phi) is 7.89. The minimum absolute atomic E-state index is 0.253. The first-order chi connectivity index (χ1) is 10.1. The first-order valence-electron chi connectivity index (χ1n) is 7.02. The molecule has 1 atom stereocenters. The minimum atomic E-state index is -1.05. The number of carbonyl (C=O) groups excluding carboxylic acids is 1. The Hall–Kier alpha value is -2.08. The fraction of sp³-hybridized carbons (Fsp3) is 0.467. The number of benzene rings is 1. The lowest BCUT2D eigenvalue weighted by Gasteiger charge is -2.15. The number of hydrogen-bond donors (Lipinski definition) is 3. The van der Waals surface area contributed by atoms with Crippen LogP contribution in [-0.2, 0) is 16.0 Å². The third-order valence-corrected chi connectivity index (χ3v) is 2.84. The Bertz CT molecular complexity index is 437. The molecule has 0 saturated heterocycles. The van der Waals surface area contributed by atoms with Crippen LogP contribution >= 0.6 is 0 Å². The second kappa shape index (κ2) is 9.77. The normalized spacial score (nSPS) is 11.7. The largest absolute Gasteiger partial charge is 0.480 e. The molecule has 21 heavy (non-hydrogen) atoms. The maximum atomic E-state index is 11.7. The van der Waals surface area contributed by atoms with Gasteiger partial charge in [0.2, 0.25) is 0 Å². The third kappa shape index (κ3) is 7.31. The molecule has 0 saturated carbocycles. The van der Waals surface area contributed by atoms with Crippen molar-refractivity contribution in [1.29, 1.82) is 0 Å². The molecular formula is C15H22N2O4. The van der Waals surface area contributed by atoms with Gasteiger partial charge in [-0.3, -0.25) is 0 Å². The first kappa shape index (κ1) is 17.0. The van der Waals surface area contributed by atoms with Gasteiger partial charge in [0.15, 0.2) is 0 Å². The van der Waals surface area contributed by atoms with E-state index in [9.17, 15) is 9.59 Å². The smallest absolute Gasteiger partial charge is 0.326 e. The average Bonchev–Trinajstić information content (AvgIpc) is 2.47. The predicted octanol–water partition coefficient (Wildman–Crippen LogP) is 1.41. The molecule has 0 aliphatic heterocycles. The highest BCUT2D eigenvalue weighted by atomic mass is 16.5. The molecule has 0 aromatic heterocycles. The molecule has 0 fully saturated rings. The number of carboxylic acid groups (broad SMARTS) is 1. The maximum absolute atomic E-state index is 11.7. The van der Waals surface area contributed by atoms with Gasteiger partial charge in [-0.05, 0) is 18.9 Å². The fourth-order valence-corrected chi connectivity index (χ4v) is 1.78.